The van der Waals surface area contributed by atoms with Gasteiger partial charge in [-0.2, -0.15) is 5.26 Å². The molecule has 3 aromatic heterocycles. The fourth-order valence-electron chi connectivity index (χ4n) is 8.66. The molecule has 0 aliphatic carbocycles. The second-order valence-corrected chi connectivity index (χ2v) is 23.9. The predicted octanol–water partition coefficient (Wildman–Crippen LogP) is 21.1. The maximum absolute atomic E-state index is 9.74. The molecule has 0 spiro atoms. The lowest BCUT2D eigenvalue weighted by atomic mass is 9.78. The van der Waals surface area contributed by atoms with Gasteiger partial charge in [-0.05, 0) is 112 Å². The Kier molecular flexibility index (Phi) is 19.2. The standard InChI is InChI=1S/C60H61N3S3.3C2H6/c1-13-20-53(62(47-29-25-43(26-30-47)59(9,10)41-21-16-14-17-22-41)48-31-27-44(28-32-48)60(11,12)42-23-18-15-19-24-42)65-54-38-52-56(66-54)55-51(37-50(64-55)33-40(2)39-61)63(52)49-35-45(57(3,4)5)34-46(36-49)58(6,7)8;3*1-2/h13-38H,1H2,2-12H3;3*1-2H3/b40-33-,53-20-;;;. The summed E-state index contributed by atoms with van der Waals surface area (Å²) in [4.78, 5) is 3.46. The second-order valence-electron chi connectivity index (χ2n) is 20.4. The molecular weight excluding hydrogens is 931 g/mol. The normalized spacial score (nSPS) is 12.2. The summed E-state index contributed by atoms with van der Waals surface area (Å²) >= 11 is 5.37. The highest BCUT2D eigenvalue weighted by atomic mass is 32.2. The Morgan fingerprint density at radius 2 is 0.972 bits per heavy atom. The highest BCUT2D eigenvalue weighted by Crippen LogP contribution is 2.49. The number of thioether (sulfide) groups is 1. The molecule has 3 heterocycles. The molecule has 72 heavy (non-hydrogen) atoms. The number of nitriles is 1. The van der Waals surface area contributed by atoms with Gasteiger partial charge in [-0.3, -0.25) is 0 Å². The monoisotopic (exact) mass is 1010 g/mol. The Hall–Kier alpha value is -5.84. The number of fused-ring (bicyclic) bond motifs is 3. The van der Waals surface area contributed by atoms with Crippen molar-refractivity contribution in [1.82, 2.24) is 4.57 Å². The molecule has 5 aromatic carbocycles. The van der Waals surface area contributed by atoms with Gasteiger partial charge in [-0.1, -0.05) is 226 Å². The topological polar surface area (TPSA) is 32.0 Å². The number of hydrogen-bond acceptors (Lipinski definition) is 5. The second kappa shape index (κ2) is 24.3. The van der Waals surface area contributed by atoms with E-state index < -0.39 is 0 Å². The third kappa shape index (κ3) is 12.5. The molecule has 0 amide bonds. The van der Waals surface area contributed by atoms with Crippen LogP contribution in [0.4, 0.5) is 11.4 Å². The van der Waals surface area contributed by atoms with Crippen molar-refractivity contribution in [3.8, 4) is 11.8 Å². The first kappa shape index (κ1) is 57.1. The zero-order valence-corrected chi connectivity index (χ0v) is 48.7. The number of nitrogens with zero attached hydrogens (tertiary/aromatic N) is 3. The molecule has 0 atom stereocenters. The van der Waals surface area contributed by atoms with E-state index in [2.05, 4.69) is 237 Å². The van der Waals surface area contributed by atoms with E-state index in [1.54, 1.807) is 23.1 Å². The van der Waals surface area contributed by atoms with Crippen molar-refractivity contribution >= 4 is 72.3 Å². The molecule has 0 bridgehead atoms. The third-order valence-corrected chi connectivity index (χ3v) is 16.4. The van der Waals surface area contributed by atoms with E-state index in [-0.39, 0.29) is 21.7 Å². The van der Waals surface area contributed by atoms with Crippen LogP contribution in [-0.4, -0.2) is 4.57 Å². The van der Waals surface area contributed by atoms with Crippen LogP contribution < -0.4 is 4.90 Å². The molecule has 0 radical (unpaired) electrons. The van der Waals surface area contributed by atoms with Crippen molar-refractivity contribution in [2.45, 2.75) is 144 Å². The van der Waals surface area contributed by atoms with Crippen LogP contribution in [0.15, 0.2) is 173 Å². The van der Waals surface area contributed by atoms with Crippen LogP contribution in [0.2, 0.25) is 0 Å². The molecule has 376 valence electrons. The fourth-order valence-corrected chi connectivity index (χ4v) is 12.3. The summed E-state index contributed by atoms with van der Waals surface area (Å²) in [5.41, 5.74) is 13.6. The SMILES string of the molecule is C=C/C=C(\Sc1cc2c(s1)c1sc(/C=C(/C)C#N)cc1n2-c1cc(C(C)(C)C)cc(C(C)(C)C)c1)N(c1ccc(C(C)(C)c2ccccc2)cc1)c1ccc(C(C)(C)c2ccccc2)cc1.CC.CC.CC. The van der Waals surface area contributed by atoms with Gasteiger partial charge in [-0.15, -0.1) is 22.7 Å². The maximum Gasteiger partial charge on any atom is 0.0944 e. The highest BCUT2D eigenvalue weighted by Gasteiger charge is 2.28. The molecule has 0 saturated carbocycles. The predicted molar refractivity (Wildman–Crippen MR) is 324 cm³/mol. The number of anilines is 2. The van der Waals surface area contributed by atoms with Crippen LogP contribution in [0.25, 0.3) is 32.2 Å². The van der Waals surface area contributed by atoms with E-state index in [1.165, 1.54) is 58.0 Å². The van der Waals surface area contributed by atoms with Crippen molar-refractivity contribution in [2.75, 3.05) is 4.90 Å². The van der Waals surface area contributed by atoms with E-state index in [0.29, 0.717) is 5.57 Å². The van der Waals surface area contributed by atoms with Crippen LogP contribution in [0.5, 0.6) is 0 Å². The lowest BCUT2D eigenvalue weighted by Crippen LogP contribution is -2.20. The number of aromatic nitrogens is 1. The van der Waals surface area contributed by atoms with Crippen molar-refractivity contribution in [2.24, 2.45) is 0 Å². The van der Waals surface area contributed by atoms with Gasteiger partial charge in [-0.25, -0.2) is 0 Å². The minimum atomic E-state index is -0.170. The molecule has 0 aliphatic rings. The van der Waals surface area contributed by atoms with E-state index in [0.717, 1.165) is 27.0 Å². The van der Waals surface area contributed by atoms with Crippen LogP contribution in [-0.2, 0) is 21.7 Å². The summed E-state index contributed by atoms with van der Waals surface area (Å²) in [6.45, 7) is 41.1. The average Bonchev–Trinajstić information content (AvgIpc) is 4.06. The van der Waals surface area contributed by atoms with E-state index >= 15 is 0 Å². The summed E-state index contributed by atoms with van der Waals surface area (Å²) in [5.74, 6) is 0. The summed E-state index contributed by atoms with van der Waals surface area (Å²) in [7, 11) is 0. The van der Waals surface area contributed by atoms with Gasteiger partial charge in [0.05, 0.1) is 35.7 Å². The molecule has 0 fully saturated rings. The zero-order valence-electron chi connectivity index (χ0n) is 46.3. The Morgan fingerprint density at radius 1 is 0.556 bits per heavy atom. The van der Waals surface area contributed by atoms with E-state index in [4.69, 9.17) is 0 Å². The molecule has 3 nitrogen and oxygen atoms in total. The minimum absolute atomic E-state index is 0.0393. The highest BCUT2D eigenvalue weighted by molar-refractivity contribution is 8.05. The molecule has 8 aromatic rings. The smallest absolute Gasteiger partial charge is 0.0944 e. The van der Waals surface area contributed by atoms with Gasteiger partial charge in [0.2, 0.25) is 0 Å². The lowest BCUT2D eigenvalue weighted by Gasteiger charge is -2.31. The average molecular weight is 1010 g/mol. The van der Waals surface area contributed by atoms with Crippen LogP contribution in [0.1, 0.15) is 156 Å². The molecule has 8 rings (SSSR count). The summed E-state index contributed by atoms with van der Waals surface area (Å²) in [6, 6.07) is 53.8. The molecule has 0 aliphatic heterocycles. The van der Waals surface area contributed by atoms with Crippen LogP contribution in [0, 0.1) is 11.3 Å². The number of thiophene rings is 2. The summed E-state index contributed by atoms with van der Waals surface area (Å²) in [5, 5.41) is 10.8. The quantitative estimate of drug-likeness (QED) is 0.0694. The van der Waals surface area contributed by atoms with Gasteiger partial charge in [0.15, 0.2) is 0 Å². The molecule has 6 heteroatoms. The lowest BCUT2D eigenvalue weighted by molar-refractivity contribution is 0.568. The van der Waals surface area contributed by atoms with Crippen LogP contribution in [0.3, 0.4) is 0 Å². The number of rotatable bonds is 12. The molecule has 0 saturated heterocycles. The Morgan fingerprint density at radius 3 is 1.39 bits per heavy atom. The van der Waals surface area contributed by atoms with Crippen molar-refractivity contribution < 1.29 is 0 Å². The summed E-state index contributed by atoms with van der Waals surface area (Å²) in [6.07, 6.45) is 6.06. The van der Waals surface area contributed by atoms with Crippen molar-refractivity contribution in [1.29, 1.82) is 5.26 Å². The van der Waals surface area contributed by atoms with Gasteiger partial charge in [0.25, 0.3) is 0 Å². The number of allylic oxidation sites excluding steroid dienone is 3. The van der Waals surface area contributed by atoms with Gasteiger partial charge in [0, 0.05) is 38.3 Å². The number of benzene rings is 5. The Balaban J connectivity index is 0.00000155. The Labute approximate surface area is 446 Å². The van der Waals surface area contributed by atoms with Gasteiger partial charge in [0.1, 0.15) is 0 Å². The van der Waals surface area contributed by atoms with Crippen molar-refractivity contribution in [3.63, 3.8) is 0 Å². The first-order valence-electron chi connectivity index (χ1n) is 25.7. The molecular formula is C66H79N3S3. The third-order valence-electron chi connectivity index (χ3n) is 12.9. The van der Waals surface area contributed by atoms with Gasteiger partial charge >= 0.3 is 0 Å². The number of hydrogen-bond donors (Lipinski definition) is 0. The molecule has 0 unspecified atom stereocenters. The zero-order chi connectivity index (χ0) is 53.2. The largest absolute Gasteiger partial charge is 0.307 e. The minimum Gasteiger partial charge on any atom is -0.307 e. The van der Waals surface area contributed by atoms with E-state index in [1.807, 2.05) is 72.0 Å². The van der Waals surface area contributed by atoms with E-state index in [9.17, 15) is 5.26 Å². The van der Waals surface area contributed by atoms with Crippen molar-refractivity contribution in [3.05, 3.63) is 207 Å². The summed E-state index contributed by atoms with van der Waals surface area (Å²) < 4.78 is 6.12. The van der Waals surface area contributed by atoms with Gasteiger partial charge < -0.3 is 9.47 Å². The molecule has 0 N–H and O–H groups in total. The maximum atomic E-state index is 9.74. The first-order chi connectivity index (χ1) is 34.3. The Bertz CT molecular complexity index is 3010. The first-order valence-corrected chi connectivity index (χ1v) is 28.2. The fraction of sp³-hybridized carbons (Fsp3) is 0.318. The van der Waals surface area contributed by atoms with Crippen LogP contribution >= 0.6 is 34.4 Å².